The van der Waals surface area contributed by atoms with Gasteiger partial charge in [0.05, 0.1) is 45.7 Å². The van der Waals surface area contributed by atoms with Crippen LogP contribution < -0.4 is 15.1 Å². The van der Waals surface area contributed by atoms with Gasteiger partial charge in [-0.05, 0) is 73.2 Å². The summed E-state index contributed by atoms with van der Waals surface area (Å²) in [5.74, 6) is -5.29. The van der Waals surface area contributed by atoms with Crippen LogP contribution in [0.1, 0.15) is 29.5 Å². The third kappa shape index (κ3) is 4.82. The Morgan fingerprint density at radius 3 is 2.43 bits per heavy atom. The number of carbonyl (C=O) groups is 4. The Kier molecular flexibility index (Phi) is 7.56. The number of nitro groups is 1. The highest BCUT2D eigenvalue weighted by molar-refractivity contribution is 6.22. The van der Waals surface area contributed by atoms with Crippen molar-refractivity contribution in [1.29, 1.82) is 0 Å². The number of fused-ring (bicyclic) bond motifs is 5. The first-order valence-corrected chi connectivity index (χ1v) is 17.8. The number of allylic oxidation sites excluding steroid dienone is 3. The largest absolute Gasteiger partial charge is 0.508 e. The number of aromatic hydroxyl groups is 1. The molecule has 0 unspecified atom stereocenters. The molecule has 0 aromatic heterocycles. The molecule has 6 atom stereocenters. The van der Waals surface area contributed by atoms with Gasteiger partial charge in [0.1, 0.15) is 11.5 Å². The molecule has 3 aliphatic heterocycles. The number of imide groups is 2. The summed E-state index contributed by atoms with van der Waals surface area (Å²) in [5.41, 5.74) is 5.80. The maximum absolute atomic E-state index is 15.4. The van der Waals surface area contributed by atoms with Crippen LogP contribution in [0.2, 0.25) is 0 Å². The summed E-state index contributed by atoms with van der Waals surface area (Å²) in [6.45, 7) is 1.94. The van der Waals surface area contributed by atoms with Crippen molar-refractivity contribution in [2.75, 3.05) is 10.3 Å². The number of amides is 4. The third-order valence-corrected chi connectivity index (χ3v) is 11.8. The van der Waals surface area contributed by atoms with Gasteiger partial charge in [0.25, 0.3) is 17.5 Å². The van der Waals surface area contributed by atoms with Crippen molar-refractivity contribution in [3.8, 4) is 11.5 Å². The van der Waals surface area contributed by atoms with Crippen molar-refractivity contribution in [3.63, 3.8) is 0 Å². The number of hydrazine groups is 1. The van der Waals surface area contributed by atoms with Crippen molar-refractivity contribution < 1.29 is 33.9 Å². The summed E-state index contributed by atoms with van der Waals surface area (Å²) >= 11 is 0. The lowest BCUT2D eigenvalue weighted by molar-refractivity contribution is -0.384. The van der Waals surface area contributed by atoms with Crippen molar-refractivity contribution in [1.82, 2.24) is 5.01 Å². The van der Waals surface area contributed by atoms with E-state index in [1.165, 1.54) is 30.3 Å². The smallest absolute Gasteiger partial charge is 0.271 e. The molecule has 5 aliphatic rings. The van der Waals surface area contributed by atoms with Crippen molar-refractivity contribution in [2.45, 2.75) is 31.6 Å². The number of nitrogens with one attached hydrogen (secondary N) is 1. The molecule has 4 aromatic rings. The number of carbonyl (C=O) groups excluding carboxylic acids is 4. The zero-order valence-electron chi connectivity index (χ0n) is 29.0. The van der Waals surface area contributed by atoms with E-state index >= 15 is 4.79 Å². The molecular weight excluding hydrogens is 688 g/mol. The maximum Gasteiger partial charge on any atom is 0.271 e. The fraction of sp³-hybridized carbons (Fsp3) is 0.238. The number of phenolic OH excluding ortho intramolecular Hbond substituents is 1. The highest BCUT2D eigenvalue weighted by atomic mass is 16.6. The predicted molar refractivity (Wildman–Crippen MR) is 196 cm³/mol. The second kappa shape index (κ2) is 12.3. The molecule has 2 N–H and O–H groups in total. The molecule has 12 heteroatoms. The summed E-state index contributed by atoms with van der Waals surface area (Å²) in [4.78, 5) is 71.0. The van der Waals surface area contributed by atoms with Gasteiger partial charge in [-0.2, -0.15) is 5.01 Å². The molecule has 3 heterocycles. The van der Waals surface area contributed by atoms with Gasteiger partial charge in [-0.15, -0.1) is 0 Å². The molecule has 270 valence electrons. The van der Waals surface area contributed by atoms with Crippen LogP contribution in [-0.2, 0) is 31.0 Å². The zero-order valence-corrected chi connectivity index (χ0v) is 29.0. The van der Waals surface area contributed by atoms with Gasteiger partial charge in [0.15, 0.2) is 0 Å². The fourth-order valence-corrected chi connectivity index (χ4v) is 9.56. The number of benzene rings is 4. The number of anilines is 2. The predicted octanol–water partition coefficient (Wildman–Crippen LogP) is 6.15. The lowest BCUT2D eigenvalue weighted by Gasteiger charge is -2.51. The van der Waals surface area contributed by atoms with Crippen LogP contribution in [0.3, 0.4) is 0 Å². The molecule has 4 amide bonds. The van der Waals surface area contributed by atoms with Crippen LogP contribution in [0, 0.1) is 46.6 Å². The number of non-ortho nitro benzene ring substituents is 1. The number of hydrogen-bond donors (Lipinski definition) is 2. The number of rotatable bonds is 6. The van der Waals surface area contributed by atoms with Crippen LogP contribution >= 0.6 is 0 Å². The first-order valence-electron chi connectivity index (χ1n) is 17.8. The Bertz CT molecular complexity index is 2360. The summed E-state index contributed by atoms with van der Waals surface area (Å²) in [6.07, 6.45) is 4.14. The van der Waals surface area contributed by atoms with E-state index in [0.717, 1.165) is 21.0 Å². The average molecular weight is 723 g/mol. The fourth-order valence-electron chi connectivity index (χ4n) is 9.56. The molecule has 4 aromatic carbocycles. The average Bonchev–Trinajstić information content (AvgIpc) is 3.56. The minimum absolute atomic E-state index is 0.0485. The van der Waals surface area contributed by atoms with E-state index in [1.807, 2.05) is 55.5 Å². The zero-order chi connectivity index (χ0) is 37.5. The summed E-state index contributed by atoms with van der Waals surface area (Å²) in [7, 11) is 0. The summed E-state index contributed by atoms with van der Waals surface area (Å²) in [6, 6.07) is 26.8. The number of aryl methyl sites for hydroxylation is 1. The Morgan fingerprint density at radius 1 is 0.889 bits per heavy atom. The van der Waals surface area contributed by atoms with E-state index in [2.05, 4.69) is 5.43 Å². The first kappa shape index (κ1) is 33.3. The standard InChI is InChI=1S/C42H34N4O8/c1-23-10-12-27(13-11-23)43-45-39(49)34-21-33-31(15-16-32-36(33)40(50)44(38(32)48)28-8-5-9-29(20-28)46(52)53)37(42(34,41(45)51)26-6-3-2-4-7-26)25-18-24-19-30(47)14-17-35(24)54-22-25/h2-15,17,19-20,22,32-34,36-37,43,47H,16,18,21H2,1H3/t32-,33+,34-,36-,37-,42+/m0/s1. The molecule has 12 nitrogen and oxygen atoms in total. The van der Waals surface area contributed by atoms with E-state index in [0.29, 0.717) is 28.1 Å². The lowest BCUT2D eigenvalue weighted by Crippen LogP contribution is -2.55. The molecule has 2 saturated heterocycles. The molecule has 0 spiro atoms. The normalized spacial score (nSPS) is 26.9. The van der Waals surface area contributed by atoms with Gasteiger partial charge in [0.2, 0.25) is 11.8 Å². The molecule has 0 radical (unpaired) electrons. The minimum atomic E-state index is -1.47. The third-order valence-electron chi connectivity index (χ3n) is 11.8. The molecule has 3 fully saturated rings. The number of nitro benzene ring substituents is 1. The summed E-state index contributed by atoms with van der Waals surface area (Å²) in [5, 5.41) is 23.2. The highest BCUT2D eigenvalue weighted by Gasteiger charge is 2.70. The number of hydrogen-bond acceptors (Lipinski definition) is 9. The number of ether oxygens (including phenoxy) is 1. The van der Waals surface area contributed by atoms with Crippen LogP contribution in [0.5, 0.6) is 11.5 Å². The maximum atomic E-state index is 15.4. The minimum Gasteiger partial charge on any atom is -0.508 e. The van der Waals surface area contributed by atoms with Crippen LogP contribution in [0.15, 0.2) is 121 Å². The second-order valence-electron chi connectivity index (χ2n) is 14.7. The van der Waals surface area contributed by atoms with Gasteiger partial charge >= 0.3 is 0 Å². The van der Waals surface area contributed by atoms with Gasteiger partial charge in [-0.1, -0.05) is 65.7 Å². The highest BCUT2D eigenvalue weighted by Crippen LogP contribution is 2.63. The van der Waals surface area contributed by atoms with E-state index in [9.17, 15) is 29.6 Å². The molecule has 9 rings (SSSR count). The van der Waals surface area contributed by atoms with Gasteiger partial charge < -0.3 is 9.84 Å². The molecule has 1 saturated carbocycles. The van der Waals surface area contributed by atoms with Gasteiger partial charge in [0, 0.05) is 30.0 Å². The van der Waals surface area contributed by atoms with E-state index in [4.69, 9.17) is 4.74 Å². The van der Waals surface area contributed by atoms with E-state index < -0.39 is 63.6 Å². The van der Waals surface area contributed by atoms with Crippen LogP contribution in [0.25, 0.3) is 0 Å². The molecule has 0 bridgehead atoms. The monoisotopic (exact) mass is 722 g/mol. The Labute approximate surface area is 309 Å². The van der Waals surface area contributed by atoms with Crippen LogP contribution in [0.4, 0.5) is 17.1 Å². The Hall–Kier alpha value is -6.56. The lowest BCUT2D eigenvalue weighted by atomic mass is 9.48. The quantitative estimate of drug-likeness (QED) is 0.103. The van der Waals surface area contributed by atoms with Crippen molar-refractivity contribution in [2.24, 2.45) is 29.6 Å². The van der Waals surface area contributed by atoms with Crippen molar-refractivity contribution in [3.05, 3.63) is 147 Å². The van der Waals surface area contributed by atoms with Gasteiger partial charge in [-0.3, -0.25) is 34.7 Å². The summed E-state index contributed by atoms with van der Waals surface area (Å²) < 4.78 is 6.17. The first-order chi connectivity index (χ1) is 26.1. The van der Waals surface area contributed by atoms with Crippen molar-refractivity contribution >= 4 is 40.7 Å². The number of nitrogens with zero attached hydrogens (tertiary/aromatic N) is 3. The molecule has 2 aliphatic carbocycles. The molecule has 54 heavy (non-hydrogen) atoms. The van der Waals surface area contributed by atoms with E-state index in [1.54, 1.807) is 30.5 Å². The second-order valence-corrected chi connectivity index (χ2v) is 14.7. The van der Waals surface area contributed by atoms with E-state index in [-0.39, 0.29) is 36.4 Å². The Balaban J connectivity index is 1.21. The SMILES string of the molecule is Cc1ccc(NN2C(=O)[C@@H]3C[C@@H]4C(=CC[C@@H]5C(=O)N(c6cccc([N+](=O)[O-])c6)C(=O)[C@@H]54)[C@H](C4=COc5ccc(O)cc5C4)[C@]3(c3ccccc3)C2=O)cc1. The number of phenols is 1. The van der Waals surface area contributed by atoms with Crippen LogP contribution in [-0.4, -0.2) is 38.7 Å². The topological polar surface area (TPSA) is 159 Å². The Morgan fingerprint density at radius 2 is 1.67 bits per heavy atom. The molecular formula is C42H34N4O8. The van der Waals surface area contributed by atoms with Gasteiger partial charge in [-0.25, -0.2) is 4.90 Å².